The van der Waals surface area contributed by atoms with E-state index in [1.807, 2.05) is 18.2 Å². The molecule has 2 atom stereocenters. The average Bonchev–Trinajstić information content (AvgIpc) is 3.45. The van der Waals surface area contributed by atoms with Gasteiger partial charge in [-0.2, -0.15) is 0 Å². The van der Waals surface area contributed by atoms with E-state index in [-0.39, 0.29) is 23.2 Å². The van der Waals surface area contributed by atoms with Gasteiger partial charge in [-0.1, -0.05) is 32.0 Å². The number of hydrogen-bond donors (Lipinski definition) is 0. The molecule has 0 saturated carbocycles. The highest BCUT2D eigenvalue weighted by Gasteiger charge is 2.44. The van der Waals surface area contributed by atoms with Crippen molar-refractivity contribution >= 4 is 16.9 Å². The molecule has 2 aliphatic heterocycles. The Morgan fingerprint density at radius 1 is 1.12 bits per heavy atom. The van der Waals surface area contributed by atoms with E-state index in [2.05, 4.69) is 13.8 Å². The highest BCUT2D eigenvalue weighted by molar-refractivity contribution is 5.99. The Labute approximate surface area is 198 Å². The van der Waals surface area contributed by atoms with E-state index >= 15 is 0 Å². The minimum atomic E-state index is -0.597. The van der Waals surface area contributed by atoms with Crippen molar-refractivity contribution in [2.75, 3.05) is 26.9 Å². The third kappa shape index (κ3) is 3.94. The number of ether oxygens (including phenoxy) is 3. The maximum absolute atomic E-state index is 13.6. The number of hydrogen-bond acceptors (Lipinski definition) is 6. The molecule has 1 fully saturated rings. The van der Waals surface area contributed by atoms with E-state index in [4.69, 9.17) is 18.6 Å². The van der Waals surface area contributed by atoms with Gasteiger partial charge in [0.25, 0.3) is 5.91 Å². The quantitative estimate of drug-likeness (QED) is 0.511. The second-order valence-corrected chi connectivity index (χ2v) is 9.28. The number of benzene rings is 2. The normalized spacial score (nSPS) is 19.8. The molecule has 0 aliphatic carbocycles. The number of amides is 1. The van der Waals surface area contributed by atoms with E-state index in [1.54, 1.807) is 36.3 Å². The number of para-hydroxylation sites is 1. The van der Waals surface area contributed by atoms with Gasteiger partial charge in [-0.05, 0) is 48.6 Å². The molecule has 7 nitrogen and oxygen atoms in total. The van der Waals surface area contributed by atoms with Gasteiger partial charge in [0, 0.05) is 13.2 Å². The van der Waals surface area contributed by atoms with Gasteiger partial charge in [0.1, 0.15) is 5.58 Å². The van der Waals surface area contributed by atoms with Gasteiger partial charge in [-0.25, -0.2) is 0 Å². The van der Waals surface area contributed by atoms with Crippen LogP contribution in [0.25, 0.3) is 11.0 Å². The molecule has 1 amide bonds. The van der Waals surface area contributed by atoms with Crippen LogP contribution in [0.2, 0.25) is 0 Å². The lowest BCUT2D eigenvalue weighted by atomic mass is 9.97. The molecule has 0 radical (unpaired) electrons. The minimum Gasteiger partial charge on any atom is -0.493 e. The van der Waals surface area contributed by atoms with Crippen LogP contribution in [0.4, 0.5) is 0 Å². The second kappa shape index (κ2) is 9.14. The van der Waals surface area contributed by atoms with Crippen LogP contribution >= 0.6 is 0 Å². The van der Waals surface area contributed by atoms with E-state index < -0.39 is 6.04 Å². The molecular weight excluding hydrogens is 434 g/mol. The second-order valence-electron chi connectivity index (χ2n) is 9.28. The Morgan fingerprint density at radius 2 is 1.94 bits per heavy atom. The molecule has 3 heterocycles. The fourth-order valence-corrected chi connectivity index (χ4v) is 4.74. The molecule has 0 N–H and O–H groups in total. The summed E-state index contributed by atoms with van der Waals surface area (Å²) < 4.78 is 23.3. The van der Waals surface area contributed by atoms with Crippen molar-refractivity contribution in [2.24, 2.45) is 5.92 Å². The first-order valence-electron chi connectivity index (χ1n) is 11.8. The third-order valence-electron chi connectivity index (χ3n) is 6.37. The van der Waals surface area contributed by atoms with Gasteiger partial charge in [0.2, 0.25) is 5.76 Å². The molecule has 2 aromatic carbocycles. The predicted octanol–water partition coefficient (Wildman–Crippen LogP) is 4.56. The summed E-state index contributed by atoms with van der Waals surface area (Å²) in [6.45, 7) is 5.78. The monoisotopic (exact) mass is 463 g/mol. The van der Waals surface area contributed by atoms with Crippen molar-refractivity contribution in [1.29, 1.82) is 0 Å². The van der Waals surface area contributed by atoms with Crippen molar-refractivity contribution in [2.45, 2.75) is 38.8 Å². The van der Waals surface area contributed by atoms with Gasteiger partial charge in [0.15, 0.2) is 16.9 Å². The summed E-state index contributed by atoms with van der Waals surface area (Å²) in [4.78, 5) is 28.9. The number of rotatable bonds is 7. The van der Waals surface area contributed by atoms with Gasteiger partial charge in [-0.3, -0.25) is 9.59 Å². The van der Waals surface area contributed by atoms with Crippen LogP contribution in [0.1, 0.15) is 54.4 Å². The lowest BCUT2D eigenvalue weighted by Crippen LogP contribution is -2.36. The SMILES string of the molecule is COc1cc([C@@H]2c3c(oc4ccccc4c3=O)C(=O)N2C[C@@H]2CCCO2)ccc1OCC(C)C. The summed E-state index contributed by atoms with van der Waals surface area (Å²) >= 11 is 0. The van der Waals surface area contributed by atoms with Crippen LogP contribution in [0.3, 0.4) is 0 Å². The highest BCUT2D eigenvalue weighted by Crippen LogP contribution is 2.41. The Balaban J connectivity index is 1.63. The lowest BCUT2D eigenvalue weighted by molar-refractivity contribution is 0.0486. The van der Waals surface area contributed by atoms with Gasteiger partial charge in [-0.15, -0.1) is 0 Å². The van der Waals surface area contributed by atoms with Crippen molar-refractivity contribution in [3.63, 3.8) is 0 Å². The van der Waals surface area contributed by atoms with Gasteiger partial charge >= 0.3 is 0 Å². The Morgan fingerprint density at radius 3 is 2.68 bits per heavy atom. The summed E-state index contributed by atoms with van der Waals surface area (Å²) in [7, 11) is 1.58. The molecule has 1 aromatic heterocycles. The van der Waals surface area contributed by atoms with Crippen molar-refractivity contribution in [3.8, 4) is 11.5 Å². The molecule has 34 heavy (non-hydrogen) atoms. The first-order valence-corrected chi connectivity index (χ1v) is 11.8. The Hall–Kier alpha value is -3.32. The largest absolute Gasteiger partial charge is 0.493 e. The van der Waals surface area contributed by atoms with Crippen molar-refractivity contribution < 1.29 is 23.4 Å². The summed E-state index contributed by atoms with van der Waals surface area (Å²) in [5.41, 5.74) is 1.34. The average molecular weight is 464 g/mol. The standard InChI is InChI=1S/C27H29NO6/c1-16(2)15-33-21-11-10-17(13-22(21)31-3)24-23-25(29)19-8-4-5-9-20(19)34-26(23)27(30)28(24)14-18-7-6-12-32-18/h4-5,8-11,13,16,18,24H,6-7,12,14-15H2,1-3H3/t18-,24+/m0/s1. The minimum absolute atomic E-state index is 0.0687. The summed E-state index contributed by atoms with van der Waals surface area (Å²) in [6, 6.07) is 12.0. The summed E-state index contributed by atoms with van der Waals surface area (Å²) in [6.07, 6.45) is 1.77. The molecule has 0 unspecified atom stereocenters. The number of carbonyl (C=O) groups excluding carboxylic acids is 1. The first-order chi connectivity index (χ1) is 16.5. The molecule has 5 rings (SSSR count). The van der Waals surface area contributed by atoms with Crippen molar-refractivity contribution in [3.05, 3.63) is 69.6 Å². The third-order valence-corrected chi connectivity index (χ3v) is 6.37. The van der Waals surface area contributed by atoms with E-state index in [0.29, 0.717) is 53.7 Å². The Kier molecular flexibility index (Phi) is 6.04. The summed E-state index contributed by atoms with van der Waals surface area (Å²) in [5, 5.41) is 0.460. The molecule has 3 aromatic rings. The lowest BCUT2D eigenvalue weighted by Gasteiger charge is -2.28. The molecule has 7 heteroatoms. The van der Waals surface area contributed by atoms with Gasteiger partial charge in [0.05, 0.1) is 36.8 Å². The zero-order valence-electron chi connectivity index (χ0n) is 19.7. The maximum Gasteiger partial charge on any atom is 0.291 e. The predicted molar refractivity (Wildman–Crippen MR) is 128 cm³/mol. The molecule has 0 spiro atoms. The van der Waals surface area contributed by atoms with Crippen LogP contribution in [0, 0.1) is 5.92 Å². The Bertz CT molecular complexity index is 1270. The number of methoxy groups -OCH3 is 1. The highest BCUT2D eigenvalue weighted by atomic mass is 16.5. The summed E-state index contributed by atoms with van der Waals surface area (Å²) in [5.74, 6) is 1.36. The van der Waals surface area contributed by atoms with Crippen LogP contribution in [-0.4, -0.2) is 43.8 Å². The number of nitrogens with zero attached hydrogens (tertiary/aromatic N) is 1. The van der Waals surface area contributed by atoms with Crippen molar-refractivity contribution in [1.82, 2.24) is 4.90 Å². The molecule has 0 bridgehead atoms. The van der Waals surface area contributed by atoms with Crippen LogP contribution in [0.5, 0.6) is 11.5 Å². The smallest absolute Gasteiger partial charge is 0.291 e. The zero-order chi connectivity index (χ0) is 23.8. The molecular formula is C27H29NO6. The molecule has 1 saturated heterocycles. The molecule has 2 aliphatic rings. The number of carbonyl (C=O) groups is 1. The van der Waals surface area contributed by atoms with E-state index in [9.17, 15) is 9.59 Å². The van der Waals surface area contributed by atoms with Gasteiger partial charge < -0.3 is 23.5 Å². The first kappa shape index (κ1) is 22.5. The van der Waals surface area contributed by atoms with Crippen LogP contribution < -0.4 is 14.9 Å². The topological polar surface area (TPSA) is 78.2 Å². The fourth-order valence-electron chi connectivity index (χ4n) is 4.74. The molecule has 178 valence electrons. The van der Waals surface area contributed by atoms with Crippen LogP contribution in [-0.2, 0) is 4.74 Å². The maximum atomic E-state index is 13.6. The van der Waals surface area contributed by atoms with Crippen LogP contribution in [0.15, 0.2) is 51.7 Å². The van der Waals surface area contributed by atoms with E-state index in [0.717, 1.165) is 18.4 Å². The number of fused-ring (bicyclic) bond motifs is 2. The fraction of sp³-hybridized carbons (Fsp3) is 0.407. The zero-order valence-corrected chi connectivity index (χ0v) is 19.7. The van der Waals surface area contributed by atoms with E-state index in [1.165, 1.54) is 0 Å².